The zero-order valence-electron chi connectivity index (χ0n) is 16.5. The standard InChI is InChI=1S/C22H20ClN3O3S/c1-12-14(23)6-3-7-15(12)24-22(28)20-13(2)19-16(8-4-9-17(19)29-20)25-26-21(27)18-10-5-11-30-18/h3,5-7,10-11H,4,8-9H2,1-2H3,(H,24,28)(H,26,27)/b25-16+. The Kier molecular flexibility index (Phi) is 5.74. The molecule has 8 heteroatoms. The van der Waals surface area contributed by atoms with Crippen molar-refractivity contribution in [1.82, 2.24) is 5.43 Å². The first-order valence-electron chi connectivity index (χ1n) is 9.55. The highest BCUT2D eigenvalue weighted by Crippen LogP contribution is 2.31. The Balaban J connectivity index is 1.59. The maximum absolute atomic E-state index is 12.9. The summed E-state index contributed by atoms with van der Waals surface area (Å²) in [6.07, 6.45) is 2.26. The average Bonchev–Trinajstić information content (AvgIpc) is 3.38. The van der Waals surface area contributed by atoms with Crippen molar-refractivity contribution in [3.8, 4) is 0 Å². The van der Waals surface area contributed by atoms with Crippen LogP contribution in [0, 0.1) is 13.8 Å². The zero-order chi connectivity index (χ0) is 21.3. The average molecular weight is 442 g/mol. The van der Waals surface area contributed by atoms with Gasteiger partial charge in [0.15, 0.2) is 5.76 Å². The summed E-state index contributed by atoms with van der Waals surface area (Å²) in [6.45, 7) is 3.68. The van der Waals surface area contributed by atoms with Crippen LogP contribution < -0.4 is 10.7 Å². The molecule has 6 nitrogen and oxygen atoms in total. The van der Waals surface area contributed by atoms with Crippen LogP contribution in [-0.2, 0) is 6.42 Å². The van der Waals surface area contributed by atoms with E-state index in [4.69, 9.17) is 16.0 Å². The molecule has 0 saturated carbocycles. The Hall–Kier alpha value is -2.90. The molecule has 0 fully saturated rings. The van der Waals surface area contributed by atoms with Crippen molar-refractivity contribution in [1.29, 1.82) is 0 Å². The number of hydrogen-bond donors (Lipinski definition) is 2. The van der Waals surface area contributed by atoms with Gasteiger partial charge in [-0.3, -0.25) is 9.59 Å². The fourth-order valence-corrected chi connectivity index (χ4v) is 4.29. The van der Waals surface area contributed by atoms with Crippen LogP contribution >= 0.6 is 22.9 Å². The predicted molar refractivity (Wildman–Crippen MR) is 119 cm³/mol. The van der Waals surface area contributed by atoms with Crippen LogP contribution in [0.5, 0.6) is 0 Å². The highest BCUT2D eigenvalue weighted by Gasteiger charge is 2.28. The van der Waals surface area contributed by atoms with Crippen LogP contribution in [-0.4, -0.2) is 17.5 Å². The summed E-state index contributed by atoms with van der Waals surface area (Å²) in [5.41, 5.74) is 6.29. The van der Waals surface area contributed by atoms with Gasteiger partial charge in [-0.15, -0.1) is 11.3 Å². The van der Waals surface area contributed by atoms with Gasteiger partial charge in [-0.1, -0.05) is 23.7 Å². The van der Waals surface area contributed by atoms with Crippen molar-refractivity contribution in [3.63, 3.8) is 0 Å². The minimum absolute atomic E-state index is 0.249. The molecular weight excluding hydrogens is 422 g/mol. The molecule has 30 heavy (non-hydrogen) atoms. The number of thiophene rings is 1. The van der Waals surface area contributed by atoms with Gasteiger partial charge in [-0.2, -0.15) is 5.10 Å². The number of hydrazone groups is 1. The third-order valence-corrected chi connectivity index (χ3v) is 6.36. The number of amides is 2. The molecule has 2 aromatic heterocycles. The third kappa shape index (κ3) is 3.91. The second-order valence-electron chi connectivity index (χ2n) is 7.05. The summed E-state index contributed by atoms with van der Waals surface area (Å²) >= 11 is 7.50. The number of anilines is 1. The molecule has 2 heterocycles. The summed E-state index contributed by atoms with van der Waals surface area (Å²) in [7, 11) is 0. The molecule has 0 aliphatic heterocycles. The van der Waals surface area contributed by atoms with E-state index in [9.17, 15) is 9.59 Å². The second-order valence-corrected chi connectivity index (χ2v) is 8.41. The third-order valence-electron chi connectivity index (χ3n) is 5.09. The van der Waals surface area contributed by atoms with Crippen molar-refractivity contribution in [2.75, 3.05) is 5.32 Å². The number of carbonyl (C=O) groups excluding carboxylic acids is 2. The molecule has 1 aliphatic carbocycles. The number of rotatable bonds is 4. The van der Waals surface area contributed by atoms with E-state index >= 15 is 0 Å². The van der Waals surface area contributed by atoms with E-state index in [1.54, 1.807) is 24.3 Å². The van der Waals surface area contributed by atoms with E-state index in [1.807, 2.05) is 25.3 Å². The first-order chi connectivity index (χ1) is 14.5. The predicted octanol–water partition coefficient (Wildman–Crippen LogP) is 5.33. The molecule has 0 spiro atoms. The van der Waals surface area contributed by atoms with Crippen molar-refractivity contribution in [3.05, 3.63) is 73.8 Å². The van der Waals surface area contributed by atoms with Crippen LogP contribution in [0.4, 0.5) is 5.69 Å². The molecule has 3 aromatic rings. The molecule has 0 bridgehead atoms. The molecule has 0 unspecified atom stereocenters. The van der Waals surface area contributed by atoms with Gasteiger partial charge in [0.1, 0.15) is 5.76 Å². The number of nitrogens with one attached hydrogen (secondary N) is 2. The number of aryl methyl sites for hydroxylation is 1. The van der Waals surface area contributed by atoms with E-state index in [-0.39, 0.29) is 17.6 Å². The van der Waals surface area contributed by atoms with Crippen molar-refractivity contribution in [2.24, 2.45) is 5.10 Å². The smallest absolute Gasteiger partial charge is 0.291 e. The summed E-state index contributed by atoms with van der Waals surface area (Å²) in [4.78, 5) is 25.7. The van der Waals surface area contributed by atoms with Gasteiger partial charge >= 0.3 is 0 Å². The summed E-state index contributed by atoms with van der Waals surface area (Å²) in [5, 5.41) is 9.64. The fourth-order valence-electron chi connectivity index (χ4n) is 3.50. The molecule has 0 saturated heterocycles. The first kappa shape index (κ1) is 20.4. The maximum atomic E-state index is 12.9. The summed E-state index contributed by atoms with van der Waals surface area (Å²) in [6, 6.07) is 8.92. The Bertz CT molecular complexity index is 1150. The molecule has 2 amide bonds. The van der Waals surface area contributed by atoms with E-state index in [2.05, 4.69) is 15.8 Å². The van der Waals surface area contributed by atoms with Gasteiger partial charge in [0.2, 0.25) is 0 Å². The lowest BCUT2D eigenvalue weighted by Gasteiger charge is -2.13. The number of hydrogen-bond acceptors (Lipinski definition) is 5. The van der Waals surface area contributed by atoms with Crippen molar-refractivity contribution < 1.29 is 14.0 Å². The Morgan fingerprint density at radius 3 is 2.70 bits per heavy atom. The number of furan rings is 1. The van der Waals surface area contributed by atoms with Gasteiger partial charge in [0, 0.05) is 28.3 Å². The van der Waals surface area contributed by atoms with E-state index in [0.717, 1.165) is 35.4 Å². The Labute approximate surface area is 182 Å². The first-order valence-corrected chi connectivity index (χ1v) is 10.8. The molecule has 0 radical (unpaired) electrons. The number of carbonyl (C=O) groups is 2. The van der Waals surface area contributed by atoms with Crippen molar-refractivity contribution >= 4 is 46.2 Å². The van der Waals surface area contributed by atoms with Crippen LogP contribution in [0.1, 0.15) is 55.5 Å². The van der Waals surface area contributed by atoms with Crippen LogP contribution in [0.15, 0.2) is 45.2 Å². The number of nitrogens with zero attached hydrogens (tertiary/aromatic N) is 1. The van der Waals surface area contributed by atoms with Gasteiger partial charge < -0.3 is 9.73 Å². The monoisotopic (exact) mass is 441 g/mol. The zero-order valence-corrected chi connectivity index (χ0v) is 18.1. The van der Waals surface area contributed by atoms with Crippen LogP contribution in [0.25, 0.3) is 0 Å². The molecule has 154 valence electrons. The Morgan fingerprint density at radius 2 is 1.93 bits per heavy atom. The lowest BCUT2D eigenvalue weighted by Crippen LogP contribution is -2.21. The van der Waals surface area contributed by atoms with Crippen LogP contribution in [0.3, 0.4) is 0 Å². The van der Waals surface area contributed by atoms with E-state index in [1.165, 1.54) is 11.3 Å². The molecule has 4 rings (SSSR count). The minimum atomic E-state index is -0.339. The second kappa shape index (κ2) is 8.45. The van der Waals surface area contributed by atoms with E-state index < -0.39 is 0 Å². The summed E-state index contributed by atoms with van der Waals surface area (Å²) in [5.74, 6) is 0.379. The van der Waals surface area contributed by atoms with Crippen molar-refractivity contribution in [2.45, 2.75) is 33.1 Å². The minimum Gasteiger partial charge on any atom is -0.455 e. The van der Waals surface area contributed by atoms with Crippen LogP contribution in [0.2, 0.25) is 5.02 Å². The largest absolute Gasteiger partial charge is 0.455 e. The van der Waals surface area contributed by atoms with Gasteiger partial charge in [-0.05, 0) is 55.8 Å². The lowest BCUT2D eigenvalue weighted by atomic mass is 9.93. The maximum Gasteiger partial charge on any atom is 0.291 e. The van der Waals surface area contributed by atoms with E-state index in [0.29, 0.717) is 27.6 Å². The molecule has 1 aliphatic rings. The summed E-state index contributed by atoms with van der Waals surface area (Å²) < 4.78 is 5.91. The van der Waals surface area contributed by atoms with Gasteiger partial charge in [0.25, 0.3) is 11.8 Å². The normalized spacial score (nSPS) is 14.4. The highest BCUT2D eigenvalue weighted by atomic mass is 35.5. The lowest BCUT2D eigenvalue weighted by molar-refractivity contribution is 0.0957. The molecule has 0 atom stereocenters. The highest BCUT2D eigenvalue weighted by molar-refractivity contribution is 7.12. The number of benzene rings is 1. The van der Waals surface area contributed by atoms with Gasteiger partial charge in [-0.25, -0.2) is 5.43 Å². The molecule has 2 N–H and O–H groups in total. The Morgan fingerprint density at radius 1 is 1.10 bits per heavy atom. The SMILES string of the molecule is Cc1c(Cl)cccc1NC(=O)c1oc2c(c1C)/C(=N/NC(=O)c1cccs1)CCC2. The number of fused-ring (bicyclic) bond motifs is 1. The quantitative estimate of drug-likeness (QED) is 0.536. The molecular formula is C22H20ClN3O3S. The number of halogens is 1. The van der Waals surface area contributed by atoms with Gasteiger partial charge in [0.05, 0.1) is 10.6 Å². The molecule has 1 aromatic carbocycles. The topological polar surface area (TPSA) is 83.7 Å². The fraction of sp³-hybridized carbons (Fsp3) is 0.227.